The maximum atomic E-state index is 12.3. The van der Waals surface area contributed by atoms with Gasteiger partial charge in [-0.2, -0.15) is 0 Å². The van der Waals surface area contributed by atoms with E-state index in [1.54, 1.807) is 6.07 Å². The third kappa shape index (κ3) is 2.76. The molecular formula is C15H20ClN3O. The Morgan fingerprint density at radius 2 is 2.30 bits per heavy atom. The van der Waals surface area contributed by atoms with Crippen LogP contribution < -0.4 is 10.6 Å². The molecule has 20 heavy (non-hydrogen) atoms. The van der Waals surface area contributed by atoms with Crippen LogP contribution in [-0.4, -0.2) is 36.6 Å². The van der Waals surface area contributed by atoms with Gasteiger partial charge in [0.05, 0.1) is 0 Å². The molecule has 5 heteroatoms. The smallest absolute Gasteiger partial charge is 0.321 e. The SMILES string of the molecule is Cc1ccc(NC(=O)N2CC3CCCNC3C2)cc1Cl. The van der Waals surface area contributed by atoms with Crippen LogP contribution in [-0.2, 0) is 0 Å². The summed E-state index contributed by atoms with van der Waals surface area (Å²) in [4.78, 5) is 14.2. The normalized spacial score (nSPS) is 25.4. The number of aryl methyl sites for hydroxylation is 1. The monoisotopic (exact) mass is 293 g/mol. The molecule has 0 radical (unpaired) electrons. The summed E-state index contributed by atoms with van der Waals surface area (Å²) >= 11 is 6.08. The van der Waals surface area contributed by atoms with Crippen LogP contribution in [0, 0.1) is 12.8 Å². The highest BCUT2D eigenvalue weighted by atomic mass is 35.5. The lowest BCUT2D eigenvalue weighted by atomic mass is 9.94. The first-order valence-electron chi connectivity index (χ1n) is 7.19. The van der Waals surface area contributed by atoms with Gasteiger partial charge in [-0.25, -0.2) is 4.79 Å². The van der Waals surface area contributed by atoms with Crippen molar-refractivity contribution in [2.45, 2.75) is 25.8 Å². The Kier molecular flexibility index (Phi) is 3.85. The van der Waals surface area contributed by atoms with Gasteiger partial charge in [0, 0.05) is 29.8 Å². The van der Waals surface area contributed by atoms with Crippen molar-refractivity contribution in [1.82, 2.24) is 10.2 Å². The Morgan fingerprint density at radius 3 is 3.05 bits per heavy atom. The van der Waals surface area contributed by atoms with E-state index < -0.39 is 0 Å². The van der Waals surface area contributed by atoms with Crippen LogP contribution in [0.15, 0.2) is 18.2 Å². The summed E-state index contributed by atoms with van der Waals surface area (Å²) in [6, 6.07) is 6.05. The van der Waals surface area contributed by atoms with Crippen molar-refractivity contribution < 1.29 is 4.79 Å². The highest BCUT2D eigenvalue weighted by Gasteiger charge is 2.36. The van der Waals surface area contributed by atoms with Gasteiger partial charge >= 0.3 is 6.03 Å². The molecule has 1 aromatic carbocycles. The minimum Gasteiger partial charge on any atom is -0.323 e. The van der Waals surface area contributed by atoms with Crippen molar-refractivity contribution in [2.24, 2.45) is 5.92 Å². The fourth-order valence-electron chi connectivity index (χ4n) is 3.09. The first-order chi connectivity index (χ1) is 9.63. The number of benzene rings is 1. The summed E-state index contributed by atoms with van der Waals surface area (Å²) in [5.41, 5.74) is 1.77. The Hall–Kier alpha value is -1.26. The molecule has 2 amide bonds. The number of hydrogen-bond acceptors (Lipinski definition) is 2. The maximum Gasteiger partial charge on any atom is 0.321 e. The second kappa shape index (κ2) is 5.62. The molecule has 2 unspecified atom stereocenters. The zero-order chi connectivity index (χ0) is 14.1. The number of nitrogens with one attached hydrogen (secondary N) is 2. The molecule has 4 nitrogen and oxygen atoms in total. The van der Waals surface area contributed by atoms with Crippen molar-refractivity contribution in [3.05, 3.63) is 28.8 Å². The molecular weight excluding hydrogens is 274 g/mol. The Labute approximate surface area is 124 Å². The summed E-state index contributed by atoms with van der Waals surface area (Å²) in [5.74, 6) is 0.608. The highest BCUT2D eigenvalue weighted by molar-refractivity contribution is 6.31. The number of carbonyl (C=O) groups excluding carboxylic acids is 1. The average molecular weight is 294 g/mol. The number of rotatable bonds is 1. The number of nitrogens with zero attached hydrogens (tertiary/aromatic N) is 1. The molecule has 2 N–H and O–H groups in total. The zero-order valence-corrected chi connectivity index (χ0v) is 12.4. The summed E-state index contributed by atoms with van der Waals surface area (Å²) in [6.45, 7) is 4.67. The molecule has 2 aliphatic rings. The predicted octanol–water partition coefficient (Wildman–Crippen LogP) is 2.86. The Morgan fingerprint density at radius 1 is 1.45 bits per heavy atom. The van der Waals surface area contributed by atoms with Gasteiger partial charge in [0.25, 0.3) is 0 Å². The topological polar surface area (TPSA) is 44.4 Å². The fourth-order valence-corrected chi connectivity index (χ4v) is 3.27. The number of amides is 2. The molecule has 0 aliphatic carbocycles. The van der Waals surface area contributed by atoms with Gasteiger partial charge in [-0.3, -0.25) is 0 Å². The van der Waals surface area contributed by atoms with Crippen molar-refractivity contribution in [2.75, 3.05) is 25.0 Å². The molecule has 0 saturated carbocycles. The van der Waals surface area contributed by atoms with E-state index in [2.05, 4.69) is 10.6 Å². The number of piperidine rings is 1. The summed E-state index contributed by atoms with van der Waals surface area (Å²) in [5, 5.41) is 7.12. The summed E-state index contributed by atoms with van der Waals surface area (Å²) in [7, 11) is 0. The van der Waals surface area contributed by atoms with E-state index in [-0.39, 0.29) is 6.03 Å². The van der Waals surface area contributed by atoms with Crippen molar-refractivity contribution in [3.8, 4) is 0 Å². The van der Waals surface area contributed by atoms with E-state index in [1.165, 1.54) is 12.8 Å². The zero-order valence-electron chi connectivity index (χ0n) is 11.7. The van der Waals surface area contributed by atoms with E-state index in [0.29, 0.717) is 17.0 Å². The van der Waals surface area contributed by atoms with Gasteiger partial charge in [0.1, 0.15) is 0 Å². The number of fused-ring (bicyclic) bond motifs is 1. The Balaban J connectivity index is 1.63. The van der Waals surface area contributed by atoms with Crippen LogP contribution in [0.5, 0.6) is 0 Å². The largest absolute Gasteiger partial charge is 0.323 e. The third-order valence-corrected chi connectivity index (χ3v) is 4.72. The van der Waals surface area contributed by atoms with Gasteiger partial charge in [-0.05, 0) is 49.9 Å². The number of anilines is 1. The molecule has 3 rings (SSSR count). The molecule has 2 aliphatic heterocycles. The van der Waals surface area contributed by atoms with Crippen LogP contribution in [0.3, 0.4) is 0 Å². The first kappa shape index (κ1) is 13.7. The van der Waals surface area contributed by atoms with Crippen molar-refractivity contribution in [1.29, 1.82) is 0 Å². The van der Waals surface area contributed by atoms with Crippen molar-refractivity contribution in [3.63, 3.8) is 0 Å². The van der Waals surface area contributed by atoms with E-state index in [4.69, 9.17) is 11.6 Å². The second-order valence-corrected chi connectivity index (χ2v) is 6.17. The number of carbonyl (C=O) groups is 1. The quantitative estimate of drug-likeness (QED) is 0.836. The van der Waals surface area contributed by atoms with Crippen LogP contribution in [0.1, 0.15) is 18.4 Å². The molecule has 2 fully saturated rings. The number of hydrogen-bond donors (Lipinski definition) is 2. The highest BCUT2D eigenvalue weighted by Crippen LogP contribution is 2.26. The minimum atomic E-state index is -0.0267. The molecule has 2 heterocycles. The molecule has 1 aromatic rings. The number of urea groups is 1. The minimum absolute atomic E-state index is 0.0267. The predicted molar refractivity (Wildman–Crippen MR) is 81.3 cm³/mol. The van der Waals surface area contributed by atoms with E-state index >= 15 is 0 Å². The van der Waals surface area contributed by atoms with Gasteiger partial charge in [0.15, 0.2) is 0 Å². The van der Waals surface area contributed by atoms with Gasteiger partial charge in [-0.15, -0.1) is 0 Å². The van der Waals surface area contributed by atoms with E-state index in [0.717, 1.165) is 30.9 Å². The summed E-state index contributed by atoms with van der Waals surface area (Å²) < 4.78 is 0. The number of likely N-dealkylation sites (tertiary alicyclic amines) is 1. The van der Waals surface area contributed by atoms with Crippen LogP contribution in [0.25, 0.3) is 0 Å². The lowest BCUT2D eigenvalue weighted by Crippen LogP contribution is -2.41. The molecule has 0 bridgehead atoms. The lowest BCUT2D eigenvalue weighted by Gasteiger charge is -2.24. The van der Waals surface area contributed by atoms with Crippen LogP contribution in [0.2, 0.25) is 5.02 Å². The molecule has 2 atom stereocenters. The fraction of sp³-hybridized carbons (Fsp3) is 0.533. The standard InChI is InChI=1S/C15H20ClN3O/c1-10-4-5-12(7-13(10)16)18-15(20)19-8-11-3-2-6-17-14(11)9-19/h4-5,7,11,14,17H,2-3,6,8-9H2,1H3,(H,18,20). The summed E-state index contributed by atoms with van der Waals surface area (Å²) in [6.07, 6.45) is 2.43. The van der Waals surface area contributed by atoms with Crippen LogP contribution >= 0.6 is 11.6 Å². The average Bonchev–Trinajstić information content (AvgIpc) is 2.87. The first-order valence-corrected chi connectivity index (χ1v) is 7.57. The number of halogens is 1. The molecule has 0 spiro atoms. The van der Waals surface area contributed by atoms with Crippen molar-refractivity contribution >= 4 is 23.3 Å². The molecule has 2 saturated heterocycles. The van der Waals surface area contributed by atoms with E-state index in [9.17, 15) is 4.79 Å². The maximum absolute atomic E-state index is 12.3. The lowest BCUT2D eigenvalue weighted by molar-refractivity contribution is 0.220. The third-order valence-electron chi connectivity index (χ3n) is 4.31. The van der Waals surface area contributed by atoms with Gasteiger partial charge in [0.2, 0.25) is 0 Å². The second-order valence-electron chi connectivity index (χ2n) is 5.76. The Bertz CT molecular complexity index is 506. The van der Waals surface area contributed by atoms with Gasteiger partial charge < -0.3 is 15.5 Å². The van der Waals surface area contributed by atoms with Crippen LogP contribution in [0.4, 0.5) is 10.5 Å². The molecule has 108 valence electrons. The van der Waals surface area contributed by atoms with Gasteiger partial charge in [-0.1, -0.05) is 17.7 Å². The molecule has 0 aromatic heterocycles. The van der Waals surface area contributed by atoms with E-state index in [1.807, 2.05) is 24.0 Å².